The summed E-state index contributed by atoms with van der Waals surface area (Å²) in [7, 11) is -3.86. The predicted molar refractivity (Wildman–Crippen MR) is 72.0 cm³/mol. The van der Waals surface area contributed by atoms with Crippen LogP contribution in [0.25, 0.3) is 0 Å². The van der Waals surface area contributed by atoms with E-state index in [2.05, 4.69) is 0 Å². The predicted octanol–water partition coefficient (Wildman–Crippen LogP) is -1.49. The van der Waals surface area contributed by atoms with Crippen molar-refractivity contribution in [2.45, 2.75) is 24.7 Å². The van der Waals surface area contributed by atoms with Crippen LogP contribution in [0.2, 0.25) is 0 Å². The molecule has 8 heteroatoms. The molecule has 22 heavy (non-hydrogen) atoms. The SMILES string of the molecule is Cc1ccc(S(=O)(=O)N2CCC(C(=O)[O-])CC2)cc1C(=O)[O-]. The van der Waals surface area contributed by atoms with Crippen LogP contribution in [0.3, 0.4) is 0 Å². The largest absolute Gasteiger partial charge is 0.550 e. The number of carboxylic acids is 2. The number of carboxylic acid groups (broad SMARTS) is 2. The lowest BCUT2D eigenvalue weighted by molar-refractivity contribution is -0.312. The average Bonchev–Trinajstić information content (AvgIpc) is 2.47. The second kappa shape index (κ2) is 6.05. The number of sulfonamides is 1. The molecule has 0 radical (unpaired) electrons. The van der Waals surface area contributed by atoms with Gasteiger partial charge in [-0.05, 0) is 37.5 Å². The lowest BCUT2D eigenvalue weighted by Crippen LogP contribution is -2.43. The van der Waals surface area contributed by atoms with Gasteiger partial charge in [-0.15, -0.1) is 0 Å². The second-order valence-corrected chi connectivity index (χ2v) is 7.20. The fourth-order valence-corrected chi connectivity index (χ4v) is 3.96. The number of carbonyl (C=O) groups is 2. The zero-order valence-electron chi connectivity index (χ0n) is 11.9. The van der Waals surface area contributed by atoms with Crippen molar-refractivity contribution in [3.8, 4) is 0 Å². The van der Waals surface area contributed by atoms with Crippen LogP contribution in [-0.4, -0.2) is 37.8 Å². The third-order valence-electron chi connectivity index (χ3n) is 3.85. The van der Waals surface area contributed by atoms with Gasteiger partial charge >= 0.3 is 0 Å². The number of piperidine rings is 1. The summed E-state index contributed by atoms with van der Waals surface area (Å²) in [5.74, 6) is -3.26. The molecule has 0 aliphatic carbocycles. The summed E-state index contributed by atoms with van der Waals surface area (Å²) in [6.07, 6.45) is 0.363. The van der Waals surface area contributed by atoms with Crippen molar-refractivity contribution in [1.82, 2.24) is 4.31 Å². The van der Waals surface area contributed by atoms with E-state index in [4.69, 9.17) is 0 Å². The molecule has 0 spiro atoms. The summed E-state index contributed by atoms with van der Waals surface area (Å²) in [4.78, 5) is 21.7. The summed E-state index contributed by atoms with van der Waals surface area (Å²) >= 11 is 0. The number of carbonyl (C=O) groups excluding carboxylic acids is 2. The van der Waals surface area contributed by atoms with Gasteiger partial charge in [-0.1, -0.05) is 6.07 Å². The molecule has 1 saturated heterocycles. The van der Waals surface area contributed by atoms with E-state index in [1.165, 1.54) is 12.1 Å². The van der Waals surface area contributed by atoms with E-state index in [1.54, 1.807) is 6.92 Å². The highest BCUT2D eigenvalue weighted by Gasteiger charge is 2.30. The number of aromatic carboxylic acids is 1. The Morgan fingerprint density at radius 1 is 1.18 bits per heavy atom. The Morgan fingerprint density at radius 2 is 1.77 bits per heavy atom. The Labute approximate surface area is 128 Å². The molecule has 1 heterocycles. The highest BCUT2D eigenvalue weighted by Crippen LogP contribution is 2.24. The van der Waals surface area contributed by atoms with E-state index in [-0.39, 0.29) is 36.4 Å². The summed E-state index contributed by atoms with van der Waals surface area (Å²) < 4.78 is 26.2. The molecule has 7 nitrogen and oxygen atoms in total. The maximum atomic E-state index is 12.5. The molecule has 1 aliphatic heterocycles. The minimum absolute atomic E-state index is 0.0650. The molecular weight excluding hydrogens is 310 g/mol. The molecule has 0 N–H and O–H groups in total. The zero-order valence-corrected chi connectivity index (χ0v) is 12.8. The number of aryl methyl sites for hydroxylation is 1. The molecule has 0 unspecified atom stereocenters. The van der Waals surface area contributed by atoms with Crippen molar-refractivity contribution in [3.63, 3.8) is 0 Å². The molecule has 2 rings (SSSR count). The Kier molecular flexibility index (Phi) is 4.52. The van der Waals surface area contributed by atoms with Gasteiger partial charge in [0, 0.05) is 30.5 Å². The van der Waals surface area contributed by atoms with Gasteiger partial charge in [0.2, 0.25) is 10.0 Å². The van der Waals surface area contributed by atoms with Gasteiger partial charge < -0.3 is 19.8 Å². The fraction of sp³-hybridized carbons (Fsp3) is 0.429. The minimum atomic E-state index is -3.86. The van der Waals surface area contributed by atoms with E-state index < -0.39 is 27.9 Å². The molecule has 0 aromatic heterocycles. The lowest BCUT2D eigenvalue weighted by Gasteiger charge is -2.31. The van der Waals surface area contributed by atoms with Gasteiger partial charge in [0.05, 0.1) is 10.9 Å². The van der Waals surface area contributed by atoms with Crippen LogP contribution in [0.1, 0.15) is 28.8 Å². The number of rotatable bonds is 4. The van der Waals surface area contributed by atoms with Crippen molar-refractivity contribution >= 4 is 22.0 Å². The van der Waals surface area contributed by atoms with Gasteiger partial charge in [0.1, 0.15) is 0 Å². The molecule has 1 fully saturated rings. The van der Waals surface area contributed by atoms with Gasteiger partial charge in [0.25, 0.3) is 0 Å². The minimum Gasteiger partial charge on any atom is -0.550 e. The normalized spacial score (nSPS) is 17.3. The van der Waals surface area contributed by atoms with Crippen LogP contribution in [0.5, 0.6) is 0 Å². The number of nitrogens with zero attached hydrogens (tertiary/aromatic N) is 1. The van der Waals surface area contributed by atoms with Crippen LogP contribution < -0.4 is 10.2 Å². The molecule has 0 amide bonds. The molecule has 1 aromatic rings. The van der Waals surface area contributed by atoms with E-state index in [1.807, 2.05) is 0 Å². The Balaban J connectivity index is 2.26. The third kappa shape index (κ3) is 3.12. The quantitative estimate of drug-likeness (QED) is 0.665. The van der Waals surface area contributed by atoms with Crippen molar-refractivity contribution in [1.29, 1.82) is 0 Å². The second-order valence-electron chi connectivity index (χ2n) is 5.26. The van der Waals surface area contributed by atoms with Crippen molar-refractivity contribution in [2.75, 3.05) is 13.1 Å². The Morgan fingerprint density at radius 3 is 2.27 bits per heavy atom. The van der Waals surface area contributed by atoms with Crippen molar-refractivity contribution in [3.05, 3.63) is 29.3 Å². The molecule has 120 valence electrons. The highest BCUT2D eigenvalue weighted by molar-refractivity contribution is 7.89. The highest BCUT2D eigenvalue weighted by atomic mass is 32.2. The van der Waals surface area contributed by atoms with Gasteiger partial charge in [-0.3, -0.25) is 0 Å². The molecule has 0 atom stereocenters. The topological polar surface area (TPSA) is 118 Å². The lowest BCUT2D eigenvalue weighted by atomic mass is 9.99. The standard InChI is InChI=1S/C14H17NO6S/c1-9-2-3-11(8-12(9)14(18)19)22(20,21)15-6-4-10(5-7-15)13(16)17/h2-3,8,10H,4-7H2,1H3,(H,16,17)(H,18,19)/p-2. The maximum Gasteiger partial charge on any atom is 0.243 e. The van der Waals surface area contributed by atoms with E-state index in [9.17, 15) is 28.2 Å². The summed E-state index contributed by atoms with van der Waals surface area (Å²) in [5.41, 5.74) is 0.236. The maximum absolute atomic E-state index is 12.5. The molecule has 0 bridgehead atoms. The third-order valence-corrected chi connectivity index (χ3v) is 5.75. The number of aliphatic carboxylic acids is 1. The van der Waals surface area contributed by atoms with Crippen molar-refractivity contribution in [2.24, 2.45) is 5.92 Å². The summed E-state index contributed by atoms with van der Waals surface area (Å²) in [6.45, 7) is 1.68. The molecule has 0 saturated carbocycles. The van der Waals surface area contributed by atoms with E-state index in [0.29, 0.717) is 5.56 Å². The molecule has 1 aromatic carbocycles. The van der Waals surface area contributed by atoms with E-state index in [0.717, 1.165) is 10.4 Å². The van der Waals surface area contributed by atoms with Gasteiger partial charge in [0.15, 0.2) is 0 Å². The molecule has 1 aliphatic rings. The Bertz CT molecular complexity index is 704. The number of benzene rings is 1. The van der Waals surface area contributed by atoms with E-state index >= 15 is 0 Å². The van der Waals surface area contributed by atoms with Crippen LogP contribution >= 0.6 is 0 Å². The summed E-state index contributed by atoms with van der Waals surface area (Å²) in [5, 5.41) is 21.8. The Hall–Kier alpha value is -1.93. The first-order valence-electron chi connectivity index (χ1n) is 6.76. The number of hydrogen-bond donors (Lipinski definition) is 0. The monoisotopic (exact) mass is 325 g/mol. The van der Waals surface area contributed by atoms with Crippen LogP contribution in [-0.2, 0) is 14.8 Å². The first kappa shape index (κ1) is 16.4. The molecular formula is C14H15NO6S-2. The average molecular weight is 325 g/mol. The first-order valence-corrected chi connectivity index (χ1v) is 8.20. The number of hydrogen-bond acceptors (Lipinski definition) is 6. The van der Waals surface area contributed by atoms with Crippen molar-refractivity contribution < 1.29 is 28.2 Å². The first-order chi connectivity index (χ1) is 10.2. The van der Waals surface area contributed by atoms with Gasteiger partial charge in [-0.2, -0.15) is 4.31 Å². The zero-order chi connectivity index (χ0) is 16.5. The van der Waals surface area contributed by atoms with Gasteiger partial charge in [-0.25, -0.2) is 8.42 Å². The summed E-state index contributed by atoms with van der Waals surface area (Å²) in [6, 6.07) is 3.82. The van der Waals surface area contributed by atoms with Crippen LogP contribution in [0.4, 0.5) is 0 Å². The smallest absolute Gasteiger partial charge is 0.243 e. The fourth-order valence-electron chi connectivity index (χ4n) is 2.46. The van der Waals surface area contributed by atoms with Crippen LogP contribution in [0, 0.1) is 12.8 Å². The van der Waals surface area contributed by atoms with Crippen LogP contribution in [0.15, 0.2) is 23.1 Å².